The molecule has 0 aromatic carbocycles. The standard InChI is InChI=1S/C14H18ClNO3/c1-14(19,12-7-6-11(15)8-16-12)10-4-2-9(3-5-10)13(17)18/h6-10,19H,2-5H2,1H3,(H,17,18). The van der Waals surface area contributed by atoms with Crippen molar-refractivity contribution in [3.05, 3.63) is 29.0 Å². The third-order valence-electron chi connectivity index (χ3n) is 4.12. The lowest BCUT2D eigenvalue weighted by molar-refractivity contribution is -0.144. The number of halogens is 1. The van der Waals surface area contributed by atoms with Crippen LogP contribution in [-0.2, 0) is 10.4 Å². The molecular formula is C14H18ClNO3. The summed E-state index contributed by atoms with van der Waals surface area (Å²) >= 11 is 5.79. The number of carboxylic acid groups (broad SMARTS) is 1. The van der Waals surface area contributed by atoms with Crippen molar-refractivity contribution in [3.8, 4) is 0 Å². The molecule has 1 fully saturated rings. The minimum absolute atomic E-state index is 0.0387. The fourth-order valence-corrected chi connectivity index (χ4v) is 2.90. The number of carbonyl (C=O) groups is 1. The minimum atomic E-state index is -1.03. The number of aliphatic carboxylic acids is 1. The molecule has 1 heterocycles. The number of aromatic nitrogens is 1. The first kappa shape index (κ1) is 14.3. The quantitative estimate of drug-likeness (QED) is 0.895. The molecule has 4 nitrogen and oxygen atoms in total. The van der Waals surface area contributed by atoms with Crippen LogP contribution in [0.2, 0.25) is 5.02 Å². The fraction of sp³-hybridized carbons (Fsp3) is 0.571. The molecule has 0 spiro atoms. The van der Waals surface area contributed by atoms with E-state index in [0.717, 1.165) is 0 Å². The first-order valence-electron chi connectivity index (χ1n) is 6.48. The maximum absolute atomic E-state index is 10.9. The van der Waals surface area contributed by atoms with Crippen molar-refractivity contribution in [2.75, 3.05) is 0 Å². The summed E-state index contributed by atoms with van der Waals surface area (Å²) in [5, 5.41) is 20.2. The molecule has 2 N–H and O–H groups in total. The Morgan fingerprint density at radius 1 is 1.37 bits per heavy atom. The highest BCUT2D eigenvalue weighted by Crippen LogP contribution is 2.40. The summed E-state index contributed by atoms with van der Waals surface area (Å²) in [5.41, 5.74) is -0.440. The fourth-order valence-electron chi connectivity index (χ4n) is 2.79. The summed E-state index contributed by atoms with van der Waals surface area (Å²) in [5.74, 6) is -0.968. The van der Waals surface area contributed by atoms with Crippen molar-refractivity contribution in [2.24, 2.45) is 11.8 Å². The van der Waals surface area contributed by atoms with Crippen LogP contribution in [0.1, 0.15) is 38.3 Å². The van der Waals surface area contributed by atoms with Crippen LogP contribution in [-0.4, -0.2) is 21.2 Å². The van der Waals surface area contributed by atoms with Gasteiger partial charge in [-0.25, -0.2) is 0 Å². The maximum atomic E-state index is 10.9. The summed E-state index contributed by atoms with van der Waals surface area (Å²) in [6, 6.07) is 3.44. The Bertz CT molecular complexity index is 450. The second kappa shape index (κ2) is 5.47. The van der Waals surface area contributed by atoms with Gasteiger partial charge in [0, 0.05) is 6.20 Å². The average molecular weight is 284 g/mol. The van der Waals surface area contributed by atoms with Gasteiger partial charge >= 0.3 is 5.97 Å². The van der Waals surface area contributed by atoms with Crippen molar-refractivity contribution in [2.45, 2.75) is 38.2 Å². The lowest BCUT2D eigenvalue weighted by Crippen LogP contribution is -2.36. The van der Waals surface area contributed by atoms with Crippen LogP contribution < -0.4 is 0 Å². The van der Waals surface area contributed by atoms with Crippen LogP contribution in [0.5, 0.6) is 0 Å². The highest BCUT2D eigenvalue weighted by molar-refractivity contribution is 6.30. The number of nitrogens with zero attached hydrogens (tertiary/aromatic N) is 1. The van der Waals surface area contributed by atoms with Gasteiger partial charge in [0.1, 0.15) is 5.60 Å². The topological polar surface area (TPSA) is 70.4 Å². The van der Waals surface area contributed by atoms with E-state index in [0.29, 0.717) is 36.4 Å². The van der Waals surface area contributed by atoms with E-state index in [1.807, 2.05) is 0 Å². The molecular weight excluding hydrogens is 266 g/mol. The van der Waals surface area contributed by atoms with E-state index < -0.39 is 11.6 Å². The molecule has 1 aromatic rings. The third-order valence-corrected chi connectivity index (χ3v) is 4.34. The van der Waals surface area contributed by atoms with Gasteiger partial charge in [0.05, 0.1) is 16.6 Å². The summed E-state index contributed by atoms with van der Waals surface area (Å²) in [4.78, 5) is 15.1. The Labute approximate surface area is 117 Å². The number of pyridine rings is 1. The molecule has 1 saturated carbocycles. The zero-order chi connectivity index (χ0) is 14.0. The first-order valence-corrected chi connectivity index (χ1v) is 6.86. The number of hydrogen-bond donors (Lipinski definition) is 2. The molecule has 0 aliphatic heterocycles. The molecule has 104 valence electrons. The predicted molar refractivity (Wildman–Crippen MR) is 71.9 cm³/mol. The van der Waals surface area contributed by atoms with Gasteiger partial charge in [-0.1, -0.05) is 11.6 Å². The van der Waals surface area contributed by atoms with Crippen molar-refractivity contribution in [1.29, 1.82) is 0 Å². The van der Waals surface area contributed by atoms with Crippen molar-refractivity contribution in [3.63, 3.8) is 0 Å². The Morgan fingerprint density at radius 2 is 2.00 bits per heavy atom. The number of carboxylic acids is 1. The van der Waals surface area contributed by atoms with Gasteiger partial charge in [-0.3, -0.25) is 9.78 Å². The van der Waals surface area contributed by atoms with Crippen molar-refractivity contribution in [1.82, 2.24) is 4.98 Å². The summed E-state index contributed by atoms with van der Waals surface area (Å²) < 4.78 is 0. The first-order chi connectivity index (χ1) is 8.91. The van der Waals surface area contributed by atoms with Gasteiger partial charge in [-0.05, 0) is 50.7 Å². The summed E-state index contributed by atoms with van der Waals surface area (Å²) in [7, 11) is 0. The van der Waals surface area contributed by atoms with E-state index in [9.17, 15) is 9.90 Å². The Kier molecular flexibility index (Phi) is 4.11. The van der Waals surface area contributed by atoms with Crippen molar-refractivity contribution < 1.29 is 15.0 Å². The van der Waals surface area contributed by atoms with Crippen LogP contribution in [0.3, 0.4) is 0 Å². The predicted octanol–water partition coefficient (Wildman–Crippen LogP) is 2.83. The monoisotopic (exact) mass is 283 g/mol. The molecule has 0 saturated heterocycles. The van der Waals surface area contributed by atoms with Crippen LogP contribution in [0, 0.1) is 11.8 Å². The zero-order valence-electron chi connectivity index (χ0n) is 10.8. The zero-order valence-corrected chi connectivity index (χ0v) is 11.6. The lowest BCUT2D eigenvalue weighted by atomic mass is 9.73. The number of rotatable bonds is 3. The molecule has 0 radical (unpaired) electrons. The van der Waals surface area contributed by atoms with Gasteiger partial charge in [0.25, 0.3) is 0 Å². The number of aliphatic hydroxyl groups is 1. The largest absolute Gasteiger partial charge is 0.481 e. The molecule has 5 heteroatoms. The van der Waals surface area contributed by atoms with Crippen LogP contribution in [0.25, 0.3) is 0 Å². The average Bonchev–Trinajstić information content (AvgIpc) is 2.39. The molecule has 1 aliphatic rings. The van der Waals surface area contributed by atoms with E-state index in [-0.39, 0.29) is 11.8 Å². The van der Waals surface area contributed by atoms with E-state index in [4.69, 9.17) is 16.7 Å². The highest BCUT2D eigenvalue weighted by Gasteiger charge is 2.38. The van der Waals surface area contributed by atoms with E-state index in [2.05, 4.69) is 4.98 Å². The molecule has 2 rings (SSSR count). The van der Waals surface area contributed by atoms with Gasteiger partial charge in [0.2, 0.25) is 0 Å². The highest BCUT2D eigenvalue weighted by atomic mass is 35.5. The molecule has 1 aliphatic carbocycles. The molecule has 0 bridgehead atoms. The summed E-state index contributed by atoms with van der Waals surface area (Å²) in [6.45, 7) is 1.75. The molecule has 1 aromatic heterocycles. The summed E-state index contributed by atoms with van der Waals surface area (Å²) in [6.07, 6.45) is 4.16. The van der Waals surface area contributed by atoms with Crippen molar-refractivity contribution >= 4 is 17.6 Å². The van der Waals surface area contributed by atoms with Gasteiger partial charge in [-0.2, -0.15) is 0 Å². The van der Waals surface area contributed by atoms with E-state index in [1.54, 1.807) is 19.1 Å². The Hall–Kier alpha value is -1.13. The van der Waals surface area contributed by atoms with Gasteiger partial charge < -0.3 is 10.2 Å². The lowest BCUT2D eigenvalue weighted by Gasteiger charge is -2.36. The normalized spacial score (nSPS) is 26.7. The van der Waals surface area contributed by atoms with Gasteiger partial charge in [-0.15, -0.1) is 0 Å². The minimum Gasteiger partial charge on any atom is -0.481 e. The molecule has 0 amide bonds. The van der Waals surface area contributed by atoms with Crippen LogP contribution in [0.4, 0.5) is 0 Å². The Morgan fingerprint density at radius 3 is 2.47 bits per heavy atom. The SMILES string of the molecule is CC(O)(c1ccc(Cl)cn1)C1CCC(C(=O)O)CC1. The van der Waals surface area contributed by atoms with Crippen LogP contribution in [0.15, 0.2) is 18.3 Å². The van der Waals surface area contributed by atoms with Crippen LogP contribution >= 0.6 is 11.6 Å². The third kappa shape index (κ3) is 3.07. The maximum Gasteiger partial charge on any atom is 0.306 e. The molecule has 1 atom stereocenters. The van der Waals surface area contributed by atoms with E-state index in [1.165, 1.54) is 6.20 Å². The smallest absolute Gasteiger partial charge is 0.306 e. The second-order valence-corrected chi connectivity index (χ2v) is 5.83. The molecule has 19 heavy (non-hydrogen) atoms. The second-order valence-electron chi connectivity index (χ2n) is 5.40. The molecule has 1 unspecified atom stereocenters. The number of hydrogen-bond acceptors (Lipinski definition) is 3. The van der Waals surface area contributed by atoms with Gasteiger partial charge in [0.15, 0.2) is 0 Å². The Balaban J connectivity index is 2.09. The van der Waals surface area contributed by atoms with E-state index >= 15 is 0 Å².